The van der Waals surface area contributed by atoms with Gasteiger partial charge in [-0.2, -0.15) is 13.2 Å². The van der Waals surface area contributed by atoms with Gasteiger partial charge in [0, 0.05) is 13.1 Å². The number of halogens is 3. The van der Waals surface area contributed by atoms with E-state index in [0.717, 1.165) is 49.8 Å². The van der Waals surface area contributed by atoms with Crippen LogP contribution in [0.3, 0.4) is 0 Å². The molecule has 2 aliphatic rings. The van der Waals surface area contributed by atoms with Gasteiger partial charge in [-0.3, -0.25) is 9.69 Å². The van der Waals surface area contributed by atoms with Crippen LogP contribution in [-0.2, 0) is 15.7 Å². The number of benzene rings is 2. The SMILES string of the molecule is COC(=O)c1ccc(C(C)NC(=O)C2(N3CC[C@@H](Oc4cccc(C(F)(F)F)c4)C3)CCCCC2)cc1. The molecule has 0 spiro atoms. The minimum Gasteiger partial charge on any atom is -0.489 e. The molecule has 1 N–H and O–H groups in total. The second-order valence-corrected chi connectivity index (χ2v) is 9.90. The fourth-order valence-corrected chi connectivity index (χ4v) is 5.41. The maximum atomic E-state index is 13.7. The van der Waals surface area contributed by atoms with Crippen molar-refractivity contribution in [1.82, 2.24) is 10.2 Å². The van der Waals surface area contributed by atoms with Crippen LogP contribution in [0, 0.1) is 0 Å². The number of carbonyl (C=O) groups excluding carboxylic acids is 2. The Hall–Kier alpha value is -3.07. The number of nitrogens with one attached hydrogen (secondary N) is 1. The largest absolute Gasteiger partial charge is 0.489 e. The summed E-state index contributed by atoms with van der Waals surface area (Å²) in [5, 5.41) is 3.17. The number of hydrogen-bond acceptors (Lipinski definition) is 5. The minimum atomic E-state index is -4.43. The van der Waals surface area contributed by atoms with E-state index in [1.165, 1.54) is 19.2 Å². The Balaban J connectivity index is 1.44. The molecule has 2 aromatic rings. The van der Waals surface area contributed by atoms with Crippen molar-refractivity contribution < 1.29 is 32.2 Å². The summed E-state index contributed by atoms with van der Waals surface area (Å²) in [6.07, 6.45) is 0.302. The number of nitrogens with zero attached hydrogens (tertiary/aromatic N) is 1. The van der Waals surface area contributed by atoms with E-state index in [1.807, 2.05) is 6.92 Å². The molecule has 4 rings (SSSR count). The van der Waals surface area contributed by atoms with Gasteiger partial charge in [0.2, 0.25) is 5.91 Å². The quantitative estimate of drug-likeness (QED) is 0.489. The van der Waals surface area contributed by atoms with Crippen LogP contribution in [0.25, 0.3) is 0 Å². The Morgan fingerprint density at radius 2 is 1.78 bits per heavy atom. The second-order valence-electron chi connectivity index (χ2n) is 9.90. The maximum absolute atomic E-state index is 13.7. The van der Waals surface area contributed by atoms with Crippen molar-refractivity contribution in [2.24, 2.45) is 0 Å². The molecule has 1 saturated carbocycles. The predicted molar refractivity (Wildman–Crippen MR) is 132 cm³/mol. The van der Waals surface area contributed by atoms with Gasteiger partial charge in [-0.25, -0.2) is 4.79 Å². The first-order chi connectivity index (χ1) is 17.6. The standard InChI is InChI=1S/C28H33F3N2O4/c1-19(20-9-11-21(12-10-20)25(34)36-2)32-26(35)27(14-4-3-5-15-27)33-16-13-24(18-33)37-23-8-6-7-22(17-23)28(29,30)31/h6-12,17,19,24H,3-5,13-16,18H2,1-2H3,(H,32,35)/t19?,24-/m1/s1. The summed E-state index contributed by atoms with van der Waals surface area (Å²) in [6, 6.07) is 11.6. The van der Waals surface area contributed by atoms with Crippen LogP contribution in [0.5, 0.6) is 5.75 Å². The Kier molecular flexibility index (Phi) is 8.11. The van der Waals surface area contributed by atoms with Gasteiger partial charge in [0.05, 0.1) is 24.3 Å². The Morgan fingerprint density at radius 3 is 2.43 bits per heavy atom. The summed E-state index contributed by atoms with van der Waals surface area (Å²) in [7, 11) is 1.33. The second kappa shape index (κ2) is 11.1. The molecule has 37 heavy (non-hydrogen) atoms. The Morgan fingerprint density at radius 1 is 1.08 bits per heavy atom. The van der Waals surface area contributed by atoms with Gasteiger partial charge in [-0.1, -0.05) is 37.5 Å². The van der Waals surface area contributed by atoms with Gasteiger partial charge >= 0.3 is 12.1 Å². The van der Waals surface area contributed by atoms with E-state index in [-0.39, 0.29) is 23.8 Å². The fraction of sp³-hybridized carbons (Fsp3) is 0.500. The normalized spacial score (nSPS) is 20.7. The summed E-state index contributed by atoms with van der Waals surface area (Å²) in [6.45, 7) is 3.02. The van der Waals surface area contributed by atoms with Crippen molar-refractivity contribution in [3.63, 3.8) is 0 Å². The van der Waals surface area contributed by atoms with Crippen LogP contribution >= 0.6 is 0 Å². The molecule has 2 atom stereocenters. The van der Waals surface area contributed by atoms with Gasteiger partial charge in [-0.05, 0) is 62.1 Å². The molecule has 1 unspecified atom stereocenters. The van der Waals surface area contributed by atoms with E-state index in [9.17, 15) is 22.8 Å². The molecule has 1 heterocycles. The zero-order valence-electron chi connectivity index (χ0n) is 21.1. The molecule has 0 aromatic heterocycles. The molecule has 0 radical (unpaired) electrons. The monoisotopic (exact) mass is 518 g/mol. The lowest BCUT2D eigenvalue weighted by Crippen LogP contribution is -2.59. The number of hydrogen-bond donors (Lipinski definition) is 1. The van der Waals surface area contributed by atoms with Crippen molar-refractivity contribution in [2.75, 3.05) is 20.2 Å². The molecule has 2 aromatic carbocycles. The molecule has 1 amide bonds. The molecule has 6 nitrogen and oxygen atoms in total. The molecule has 200 valence electrons. The third kappa shape index (κ3) is 6.09. The smallest absolute Gasteiger partial charge is 0.416 e. The molecule has 1 saturated heterocycles. The summed E-state index contributed by atoms with van der Waals surface area (Å²) < 4.78 is 50.0. The molecular weight excluding hydrogens is 485 g/mol. The molecule has 0 bridgehead atoms. The van der Waals surface area contributed by atoms with E-state index in [4.69, 9.17) is 9.47 Å². The number of carbonyl (C=O) groups is 2. The van der Waals surface area contributed by atoms with Crippen molar-refractivity contribution >= 4 is 11.9 Å². The van der Waals surface area contributed by atoms with E-state index >= 15 is 0 Å². The van der Waals surface area contributed by atoms with Gasteiger partial charge < -0.3 is 14.8 Å². The Labute approximate surface area is 215 Å². The lowest BCUT2D eigenvalue weighted by atomic mass is 9.79. The van der Waals surface area contributed by atoms with Crippen LogP contribution < -0.4 is 10.1 Å². The van der Waals surface area contributed by atoms with Gasteiger partial charge in [-0.15, -0.1) is 0 Å². The van der Waals surface area contributed by atoms with Gasteiger partial charge in [0.1, 0.15) is 17.4 Å². The van der Waals surface area contributed by atoms with Crippen molar-refractivity contribution in [3.05, 3.63) is 65.2 Å². The summed E-state index contributed by atoms with van der Waals surface area (Å²) in [5.41, 5.74) is -0.0992. The molecule has 1 aliphatic carbocycles. The zero-order valence-corrected chi connectivity index (χ0v) is 21.1. The van der Waals surface area contributed by atoms with E-state index in [1.54, 1.807) is 24.3 Å². The highest BCUT2D eigenvalue weighted by atomic mass is 19.4. The topological polar surface area (TPSA) is 67.9 Å². The summed E-state index contributed by atoms with van der Waals surface area (Å²) in [4.78, 5) is 27.6. The average Bonchev–Trinajstić information content (AvgIpc) is 3.37. The number of alkyl halides is 3. The number of likely N-dealkylation sites (tertiary alicyclic amines) is 1. The van der Waals surface area contributed by atoms with E-state index in [2.05, 4.69) is 10.2 Å². The lowest BCUT2D eigenvalue weighted by molar-refractivity contribution is -0.138. The number of esters is 1. The third-order valence-corrected chi connectivity index (χ3v) is 7.50. The first-order valence-electron chi connectivity index (χ1n) is 12.7. The first-order valence-corrected chi connectivity index (χ1v) is 12.7. The van der Waals surface area contributed by atoms with Crippen LogP contribution in [0.1, 0.15) is 73.0 Å². The number of ether oxygens (including phenoxy) is 2. The maximum Gasteiger partial charge on any atom is 0.416 e. The molecule has 1 aliphatic heterocycles. The lowest BCUT2D eigenvalue weighted by Gasteiger charge is -2.43. The highest BCUT2D eigenvalue weighted by Crippen LogP contribution is 2.38. The van der Waals surface area contributed by atoms with Crippen LogP contribution in [-0.4, -0.2) is 48.6 Å². The van der Waals surface area contributed by atoms with E-state index in [0.29, 0.717) is 25.1 Å². The predicted octanol–water partition coefficient (Wildman–Crippen LogP) is 5.53. The van der Waals surface area contributed by atoms with Gasteiger partial charge in [0.15, 0.2) is 0 Å². The van der Waals surface area contributed by atoms with Gasteiger partial charge in [0.25, 0.3) is 0 Å². The summed E-state index contributed by atoms with van der Waals surface area (Å²) in [5.74, 6) is -0.273. The molecule has 2 fully saturated rings. The zero-order chi connectivity index (χ0) is 26.6. The Bertz CT molecular complexity index is 1100. The fourth-order valence-electron chi connectivity index (χ4n) is 5.41. The van der Waals surface area contributed by atoms with Crippen LogP contribution in [0.2, 0.25) is 0 Å². The van der Waals surface area contributed by atoms with Crippen molar-refractivity contribution in [1.29, 1.82) is 0 Å². The number of rotatable bonds is 7. The third-order valence-electron chi connectivity index (χ3n) is 7.50. The summed E-state index contributed by atoms with van der Waals surface area (Å²) >= 11 is 0. The molecule has 9 heteroatoms. The van der Waals surface area contributed by atoms with Crippen LogP contribution in [0.15, 0.2) is 48.5 Å². The average molecular weight is 519 g/mol. The van der Waals surface area contributed by atoms with Crippen molar-refractivity contribution in [3.8, 4) is 5.75 Å². The minimum absolute atomic E-state index is 0.0449. The number of methoxy groups -OCH3 is 1. The highest BCUT2D eigenvalue weighted by Gasteiger charge is 2.47. The van der Waals surface area contributed by atoms with Crippen molar-refractivity contribution in [2.45, 2.75) is 69.3 Å². The van der Waals surface area contributed by atoms with Crippen LogP contribution in [0.4, 0.5) is 13.2 Å². The number of amides is 1. The highest BCUT2D eigenvalue weighted by molar-refractivity contribution is 5.89. The first kappa shape index (κ1) is 27.0. The molecular formula is C28H33F3N2O4. The van der Waals surface area contributed by atoms with E-state index < -0.39 is 23.2 Å².